The van der Waals surface area contributed by atoms with E-state index >= 15 is 0 Å². The van der Waals surface area contributed by atoms with Crippen LogP contribution in [0.4, 0.5) is 0 Å². The quantitative estimate of drug-likeness (QED) is 0.306. The van der Waals surface area contributed by atoms with E-state index in [2.05, 4.69) is 5.32 Å². The molecule has 0 aliphatic rings. The lowest BCUT2D eigenvalue weighted by Gasteiger charge is -2.08. The molecule has 1 aromatic heterocycles. The van der Waals surface area contributed by atoms with Gasteiger partial charge in [0.25, 0.3) is 0 Å². The number of benzene rings is 1. The van der Waals surface area contributed by atoms with Gasteiger partial charge in [0.05, 0.1) is 7.11 Å². The van der Waals surface area contributed by atoms with Crippen molar-refractivity contribution in [2.24, 2.45) is 0 Å². The Hall–Kier alpha value is -2.48. The summed E-state index contributed by atoms with van der Waals surface area (Å²) in [5.41, 5.74) is 1.09. The lowest BCUT2D eigenvalue weighted by atomic mass is 10.1. The number of methoxy groups -OCH3 is 1. The summed E-state index contributed by atoms with van der Waals surface area (Å²) in [5.74, 6) is 0.436. The van der Waals surface area contributed by atoms with Crippen molar-refractivity contribution in [3.05, 3.63) is 62.1 Å². The normalized spacial score (nSPS) is 14.0. The number of allylic oxidation sites excluding steroid dienone is 5. The molecule has 1 amide bonds. The Morgan fingerprint density at radius 1 is 0.900 bits per heavy atom. The first kappa shape index (κ1) is 33.7. The lowest BCUT2D eigenvalue weighted by Crippen LogP contribution is -2.25. The van der Waals surface area contributed by atoms with Crippen LogP contribution in [0.5, 0.6) is 5.75 Å². The van der Waals surface area contributed by atoms with Gasteiger partial charge in [0.2, 0.25) is 5.91 Å². The second-order valence-electron chi connectivity index (χ2n) is 9.48. The van der Waals surface area contributed by atoms with Crippen LogP contribution in [0, 0.1) is 0 Å². The standard InChI is InChI=1S/C27H37NO8S4/c1-20(38(3,30)31)8-6-9-23(39(4,32)33)10-7-11-24(40(5,34)35)13-15-27(29)28-17-16-21-19-37-26-14-12-22(36-2)18-25(21)26/h8,10,12-14,18-19H,6-7,9,11,15-17H2,1-5H3,(H,28,29)/b20-8?,23-10+,24-13+. The summed E-state index contributed by atoms with van der Waals surface area (Å²) in [5, 5.41) is 5.92. The van der Waals surface area contributed by atoms with Gasteiger partial charge < -0.3 is 10.1 Å². The fraction of sp³-hybridized carbons (Fsp3) is 0.444. The number of thiophene rings is 1. The number of carbonyl (C=O) groups is 1. The maximum absolute atomic E-state index is 12.4. The molecule has 1 heterocycles. The van der Waals surface area contributed by atoms with Crippen LogP contribution in [0.3, 0.4) is 0 Å². The molecule has 0 radical (unpaired) electrons. The zero-order chi connectivity index (χ0) is 30.1. The minimum absolute atomic E-state index is 0.0338. The molecular weight excluding hydrogens is 595 g/mol. The summed E-state index contributed by atoms with van der Waals surface area (Å²) in [7, 11) is -8.91. The van der Waals surface area contributed by atoms with Crippen molar-refractivity contribution in [2.75, 3.05) is 32.4 Å². The minimum Gasteiger partial charge on any atom is -0.497 e. The monoisotopic (exact) mass is 631 g/mol. The molecule has 0 aliphatic heterocycles. The second-order valence-corrected chi connectivity index (χ2v) is 16.7. The van der Waals surface area contributed by atoms with E-state index in [-0.39, 0.29) is 52.7 Å². The molecule has 0 spiro atoms. The second kappa shape index (κ2) is 14.4. The van der Waals surface area contributed by atoms with Gasteiger partial charge in [-0.3, -0.25) is 4.79 Å². The highest BCUT2D eigenvalue weighted by Gasteiger charge is 2.15. The topological polar surface area (TPSA) is 141 Å². The zero-order valence-corrected chi connectivity index (χ0v) is 26.7. The van der Waals surface area contributed by atoms with E-state index < -0.39 is 29.5 Å². The fourth-order valence-electron chi connectivity index (χ4n) is 3.82. The Morgan fingerprint density at radius 2 is 1.50 bits per heavy atom. The predicted molar refractivity (Wildman–Crippen MR) is 163 cm³/mol. The predicted octanol–water partition coefficient (Wildman–Crippen LogP) is 4.32. The summed E-state index contributed by atoms with van der Waals surface area (Å²) in [6.45, 7) is 1.83. The van der Waals surface area contributed by atoms with Gasteiger partial charge in [-0.25, -0.2) is 25.3 Å². The molecule has 0 fully saturated rings. The smallest absolute Gasteiger partial charge is 0.223 e. The Balaban J connectivity index is 1.99. The zero-order valence-electron chi connectivity index (χ0n) is 23.4. The molecule has 222 valence electrons. The van der Waals surface area contributed by atoms with Crippen LogP contribution in [0.2, 0.25) is 0 Å². The van der Waals surface area contributed by atoms with Crippen LogP contribution < -0.4 is 10.1 Å². The highest BCUT2D eigenvalue weighted by Crippen LogP contribution is 2.29. The number of nitrogens with one attached hydrogen (secondary N) is 1. The third-order valence-electron chi connectivity index (χ3n) is 6.22. The van der Waals surface area contributed by atoms with Crippen LogP contribution in [0.25, 0.3) is 10.1 Å². The number of hydrogen-bond donors (Lipinski definition) is 1. The van der Waals surface area contributed by atoms with Crippen molar-refractivity contribution in [1.29, 1.82) is 0 Å². The SMILES string of the molecule is COc1ccc2scc(CCNC(=O)C/C=C(\CC/C=C(\CCC=C(C)S(C)(=O)=O)S(C)(=O)=O)S(C)(=O)=O)c2c1. The number of carbonyl (C=O) groups excluding carboxylic acids is 1. The van der Waals surface area contributed by atoms with Gasteiger partial charge in [0.15, 0.2) is 29.5 Å². The molecule has 2 aromatic rings. The number of amides is 1. The van der Waals surface area contributed by atoms with Crippen molar-refractivity contribution < 1.29 is 34.8 Å². The first-order valence-corrected chi connectivity index (χ1v) is 19.0. The third kappa shape index (κ3) is 10.8. The van der Waals surface area contributed by atoms with Gasteiger partial charge in [-0.15, -0.1) is 11.3 Å². The summed E-state index contributed by atoms with van der Waals surface area (Å²) >= 11 is 1.61. The summed E-state index contributed by atoms with van der Waals surface area (Å²) in [6.07, 6.45) is 8.42. The van der Waals surface area contributed by atoms with Crippen molar-refractivity contribution in [1.82, 2.24) is 5.32 Å². The van der Waals surface area contributed by atoms with E-state index in [9.17, 15) is 30.0 Å². The molecular formula is C27H37NO8S4. The van der Waals surface area contributed by atoms with E-state index in [0.29, 0.717) is 13.0 Å². The van der Waals surface area contributed by atoms with Gasteiger partial charge in [0.1, 0.15) is 5.75 Å². The summed E-state index contributed by atoms with van der Waals surface area (Å²) in [4.78, 5) is 12.7. The van der Waals surface area contributed by atoms with Gasteiger partial charge in [-0.1, -0.05) is 18.2 Å². The van der Waals surface area contributed by atoms with Gasteiger partial charge in [-0.05, 0) is 73.6 Å². The number of ether oxygens (including phenoxy) is 1. The minimum atomic E-state index is -3.61. The van der Waals surface area contributed by atoms with E-state index in [0.717, 1.165) is 40.2 Å². The van der Waals surface area contributed by atoms with E-state index in [1.165, 1.54) is 25.2 Å². The van der Waals surface area contributed by atoms with Crippen molar-refractivity contribution in [2.45, 2.75) is 45.4 Å². The van der Waals surface area contributed by atoms with Crippen LogP contribution in [-0.2, 0) is 40.7 Å². The van der Waals surface area contributed by atoms with Crippen molar-refractivity contribution >= 4 is 56.8 Å². The average Bonchev–Trinajstić information content (AvgIpc) is 3.24. The Morgan fingerprint density at radius 3 is 2.08 bits per heavy atom. The van der Waals surface area contributed by atoms with Crippen LogP contribution in [0.1, 0.15) is 44.6 Å². The fourth-order valence-corrected chi connectivity index (χ4v) is 7.00. The van der Waals surface area contributed by atoms with E-state index in [4.69, 9.17) is 4.74 Å². The highest BCUT2D eigenvalue weighted by atomic mass is 32.2. The molecule has 0 unspecified atom stereocenters. The molecule has 1 aromatic carbocycles. The van der Waals surface area contributed by atoms with Crippen LogP contribution in [0.15, 0.2) is 56.5 Å². The van der Waals surface area contributed by atoms with Crippen LogP contribution in [-0.4, -0.2) is 63.6 Å². The molecule has 13 heteroatoms. The Labute approximate surface area is 241 Å². The molecule has 9 nitrogen and oxygen atoms in total. The molecule has 2 rings (SSSR count). The molecule has 1 N–H and O–H groups in total. The molecule has 0 saturated carbocycles. The molecule has 0 saturated heterocycles. The molecule has 40 heavy (non-hydrogen) atoms. The Bertz CT molecular complexity index is 1630. The first-order valence-electron chi connectivity index (χ1n) is 12.5. The summed E-state index contributed by atoms with van der Waals surface area (Å²) < 4.78 is 78.4. The molecule has 0 bridgehead atoms. The number of rotatable bonds is 15. The van der Waals surface area contributed by atoms with E-state index in [1.807, 2.05) is 23.6 Å². The number of fused-ring (bicyclic) bond motifs is 1. The largest absolute Gasteiger partial charge is 0.497 e. The van der Waals surface area contributed by atoms with Crippen LogP contribution >= 0.6 is 11.3 Å². The Kier molecular flexibility index (Phi) is 12.2. The third-order valence-corrected chi connectivity index (χ3v) is 11.2. The number of sulfone groups is 3. The maximum atomic E-state index is 12.4. The average molecular weight is 632 g/mol. The molecule has 0 aliphatic carbocycles. The van der Waals surface area contributed by atoms with Crippen molar-refractivity contribution in [3.8, 4) is 5.75 Å². The number of hydrogen-bond acceptors (Lipinski definition) is 9. The maximum Gasteiger partial charge on any atom is 0.223 e. The highest BCUT2D eigenvalue weighted by molar-refractivity contribution is 7.95. The lowest BCUT2D eigenvalue weighted by molar-refractivity contribution is -0.120. The summed E-state index contributed by atoms with van der Waals surface area (Å²) in [6, 6.07) is 5.85. The first-order chi connectivity index (χ1) is 18.5. The van der Waals surface area contributed by atoms with Gasteiger partial charge >= 0.3 is 0 Å². The van der Waals surface area contributed by atoms with E-state index in [1.54, 1.807) is 18.4 Å². The van der Waals surface area contributed by atoms with Gasteiger partial charge in [0, 0.05) is 51.1 Å². The van der Waals surface area contributed by atoms with Crippen molar-refractivity contribution in [3.63, 3.8) is 0 Å². The van der Waals surface area contributed by atoms with Gasteiger partial charge in [-0.2, -0.15) is 0 Å². The molecule has 0 atom stereocenters.